The molecular weight excluding hydrogens is 230 g/mol. The van der Waals surface area contributed by atoms with Gasteiger partial charge in [0.1, 0.15) is 0 Å². The zero-order chi connectivity index (χ0) is 9.84. The largest absolute Gasteiger partial charge is 0.334 e. The summed E-state index contributed by atoms with van der Waals surface area (Å²) in [5, 5.41) is 0. The molecule has 0 unspecified atom stereocenters. The molecule has 2 nitrogen and oxygen atoms in total. The first-order chi connectivity index (χ1) is 6.15. The van der Waals surface area contributed by atoms with Crippen LogP contribution in [0.15, 0.2) is 22.2 Å². The molecule has 1 heterocycles. The van der Waals surface area contributed by atoms with E-state index in [2.05, 4.69) is 22.9 Å². The van der Waals surface area contributed by atoms with Crippen LogP contribution in [0.2, 0.25) is 0 Å². The third kappa shape index (κ3) is 2.69. The summed E-state index contributed by atoms with van der Waals surface area (Å²) in [6.07, 6.45) is 4.37. The summed E-state index contributed by atoms with van der Waals surface area (Å²) in [6.45, 7) is 5.51. The van der Waals surface area contributed by atoms with Gasteiger partial charge >= 0.3 is 0 Å². The van der Waals surface area contributed by atoms with E-state index in [0.29, 0.717) is 0 Å². The van der Waals surface area contributed by atoms with Gasteiger partial charge in [0.25, 0.3) is 0 Å². The first-order valence-corrected chi connectivity index (χ1v) is 5.20. The van der Waals surface area contributed by atoms with Gasteiger partial charge in [0.05, 0.1) is 6.54 Å². The Bertz CT molecular complexity index is 268. The Balaban J connectivity index is 2.63. The van der Waals surface area contributed by atoms with Gasteiger partial charge in [-0.1, -0.05) is 27.6 Å². The third-order valence-corrected chi connectivity index (χ3v) is 3.10. The van der Waals surface area contributed by atoms with Crippen LogP contribution < -0.4 is 0 Å². The summed E-state index contributed by atoms with van der Waals surface area (Å²) >= 11 is 3.48. The van der Waals surface area contributed by atoms with Crippen LogP contribution in [0.3, 0.4) is 0 Å². The Hall–Kier alpha value is -0.570. The van der Waals surface area contributed by atoms with Gasteiger partial charge in [-0.05, 0) is 26.3 Å². The Labute approximate surface area is 87.4 Å². The molecular formula is C10H14BrNO. The number of hydrogen-bond acceptors (Lipinski definition) is 1. The van der Waals surface area contributed by atoms with E-state index in [4.69, 9.17) is 0 Å². The fraction of sp³-hybridized carbons (Fsp3) is 0.500. The zero-order valence-corrected chi connectivity index (χ0v) is 9.60. The minimum Gasteiger partial charge on any atom is -0.334 e. The van der Waals surface area contributed by atoms with E-state index in [1.165, 1.54) is 5.57 Å². The van der Waals surface area contributed by atoms with E-state index >= 15 is 0 Å². The van der Waals surface area contributed by atoms with Crippen molar-refractivity contribution >= 4 is 21.8 Å². The molecule has 3 heteroatoms. The van der Waals surface area contributed by atoms with Gasteiger partial charge in [0.15, 0.2) is 0 Å². The lowest BCUT2D eigenvalue weighted by atomic mass is 10.1. The Morgan fingerprint density at radius 1 is 1.62 bits per heavy atom. The molecule has 1 amide bonds. The van der Waals surface area contributed by atoms with Crippen LogP contribution in [-0.2, 0) is 4.79 Å². The number of carbonyl (C=O) groups is 1. The molecule has 0 saturated carbocycles. The van der Waals surface area contributed by atoms with Crippen molar-refractivity contribution in [2.24, 2.45) is 0 Å². The van der Waals surface area contributed by atoms with Crippen molar-refractivity contribution in [3.8, 4) is 0 Å². The minimum atomic E-state index is 0.104. The second kappa shape index (κ2) is 4.61. The number of rotatable bonds is 1. The van der Waals surface area contributed by atoms with Crippen molar-refractivity contribution in [1.29, 1.82) is 0 Å². The predicted octanol–water partition coefficient (Wildman–Crippen LogP) is 2.46. The molecule has 0 aromatic heterocycles. The molecule has 0 aromatic carbocycles. The quantitative estimate of drug-likeness (QED) is 0.649. The number of halogens is 1. The van der Waals surface area contributed by atoms with E-state index in [1.807, 2.05) is 11.8 Å². The third-order valence-electron chi connectivity index (χ3n) is 2.17. The molecule has 0 N–H and O–H groups in total. The normalized spacial score (nSPS) is 18.5. The van der Waals surface area contributed by atoms with E-state index in [1.54, 1.807) is 12.2 Å². The smallest absolute Gasteiger partial charge is 0.246 e. The predicted molar refractivity (Wildman–Crippen MR) is 57.6 cm³/mol. The number of carbonyl (C=O) groups excluding carboxylic acids is 1. The molecule has 0 fully saturated rings. The molecule has 1 aliphatic heterocycles. The number of allylic oxidation sites excluding steroid dienone is 1. The Kier molecular flexibility index (Phi) is 3.72. The summed E-state index contributed by atoms with van der Waals surface area (Å²) in [4.78, 5) is 13.3. The number of amides is 1. The molecule has 13 heavy (non-hydrogen) atoms. The van der Waals surface area contributed by atoms with Crippen molar-refractivity contribution in [3.63, 3.8) is 0 Å². The standard InChI is InChI=1S/C10H14BrNO/c1-3-4-10(13)12-6-5-8(2)9(11)7-12/h3-4H,5-7H2,1-2H3/b4-3+. The molecule has 0 atom stereocenters. The highest BCUT2D eigenvalue weighted by Gasteiger charge is 2.17. The van der Waals surface area contributed by atoms with Crippen LogP contribution in [0.4, 0.5) is 0 Å². The molecule has 72 valence electrons. The Morgan fingerprint density at radius 2 is 2.31 bits per heavy atom. The maximum absolute atomic E-state index is 11.4. The first kappa shape index (κ1) is 10.5. The van der Waals surface area contributed by atoms with Crippen LogP contribution in [0, 0.1) is 0 Å². The average Bonchev–Trinajstić information content (AvgIpc) is 2.10. The second-order valence-electron chi connectivity index (χ2n) is 3.20. The van der Waals surface area contributed by atoms with Crippen LogP contribution in [-0.4, -0.2) is 23.9 Å². The van der Waals surface area contributed by atoms with Crippen molar-refractivity contribution in [3.05, 3.63) is 22.2 Å². The molecule has 0 spiro atoms. The minimum absolute atomic E-state index is 0.104. The summed E-state index contributed by atoms with van der Waals surface area (Å²) in [5.74, 6) is 0.104. The fourth-order valence-electron chi connectivity index (χ4n) is 1.26. The molecule has 0 aromatic rings. The molecule has 1 aliphatic rings. The van der Waals surface area contributed by atoms with Crippen LogP contribution in [0.1, 0.15) is 20.3 Å². The van der Waals surface area contributed by atoms with Crippen LogP contribution in [0.5, 0.6) is 0 Å². The second-order valence-corrected chi connectivity index (χ2v) is 4.15. The van der Waals surface area contributed by atoms with Gasteiger partial charge in [-0.2, -0.15) is 0 Å². The van der Waals surface area contributed by atoms with Crippen molar-refractivity contribution < 1.29 is 4.79 Å². The van der Waals surface area contributed by atoms with E-state index in [9.17, 15) is 4.79 Å². The molecule has 0 radical (unpaired) electrons. The topological polar surface area (TPSA) is 20.3 Å². The summed E-state index contributed by atoms with van der Waals surface area (Å²) in [7, 11) is 0. The van der Waals surface area contributed by atoms with Gasteiger partial charge in [0.2, 0.25) is 5.91 Å². The first-order valence-electron chi connectivity index (χ1n) is 4.41. The summed E-state index contributed by atoms with van der Waals surface area (Å²) in [5.41, 5.74) is 1.35. The van der Waals surface area contributed by atoms with Crippen molar-refractivity contribution in [1.82, 2.24) is 4.90 Å². The van der Waals surface area contributed by atoms with E-state index in [-0.39, 0.29) is 5.91 Å². The van der Waals surface area contributed by atoms with Gasteiger partial charge in [-0.25, -0.2) is 0 Å². The lowest BCUT2D eigenvalue weighted by molar-refractivity contribution is -0.125. The van der Waals surface area contributed by atoms with Crippen LogP contribution in [0.25, 0.3) is 0 Å². The SMILES string of the molecule is C/C=C/C(=O)N1CCC(C)=C(Br)C1. The van der Waals surface area contributed by atoms with Gasteiger partial charge in [0, 0.05) is 11.0 Å². The van der Waals surface area contributed by atoms with Gasteiger partial charge < -0.3 is 4.90 Å². The molecule has 1 rings (SSSR count). The van der Waals surface area contributed by atoms with E-state index < -0.39 is 0 Å². The summed E-state index contributed by atoms with van der Waals surface area (Å²) < 4.78 is 1.15. The number of hydrogen-bond donors (Lipinski definition) is 0. The van der Waals surface area contributed by atoms with E-state index in [0.717, 1.165) is 24.0 Å². The zero-order valence-electron chi connectivity index (χ0n) is 8.01. The Morgan fingerprint density at radius 3 is 2.85 bits per heavy atom. The van der Waals surface area contributed by atoms with Crippen molar-refractivity contribution in [2.45, 2.75) is 20.3 Å². The number of nitrogens with zero attached hydrogens (tertiary/aromatic N) is 1. The highest BCUT2D eigenvalue weighted by Crippen LogP contribution is 2.21. The maximum Gasteiger partial charge on any atom is 0.246 e. The molecule has 0 saturated heterocycles. The van der Waals surface area contributed by atoms with Gasteiger partial charge in [-0.15, -0.1) is 0 Å². The van der Waals surface area contributed by atoms with Gasteiger partial charge in [-0.3, -0.25) is 4.79 Å². The highest BCUT2D eigenvalue weighted by molar-refractivity contribution is 9.11. The monoisotopic (exact) mass is 243 g/mol. The summed E-state index contributed by atoms with van der Waals surface area (Å²) in [6, 6.07) is 0. The maximum atomic E-state index is 11.4. The average molecular weight is 244 g/mol. The fourth-order valence-corrected chi connectivity index (χ4v) is 1.76. The van der Waals surface area contributed by atoms with Crippen LogP contribution >= 0.6 is 15.9 Å². The molecule has 0 bridgehead atoms. The van der Waals surface area contributed by atoms with Crippen molar-refractivity contribution in [2.75, 3.05) is 13.1 Å². The lowest BCUT2D eigenvalue weighted by Gasteiger charge is -2.26. The lowest BCUT2D eigenvalue weighted by Crippen LogP contribution is -2.34. The highest BCUT2D eigenvalue weighted by atomic mass is 79.9. The molecule has 0 aliphatic carbocycles.